The van der Waals surface area contributed by atoms with E-state index in [4.69, 9.17) is 4.74 Å². The van der Waals surface area contributed by atoms with Crippen LogP contribution in [-0.2, 0) is 6.54 Å². The first-order valence-corrected chi connectivity index (χ1v) is 9.14. The summed E-state index contributed by atoms with van der Waals surface area (Å²) >= 11 is 0. The molecule has 1 fully saturated rings. The van der Waals surface area contributed by atoms with Crippen LogP contribution in [0.2, 0.25) is 0 Å². The number of amides is 1. The number of carbonyl (C=O) groups is 1. The Bertz CT molecular complexity index is 924. The van der Waals surface area contributed by atoms with Gasteiger partial charge < -0.3 is 9.64 Å². The summed E-state index contributed by atoms with van der Waals surface area (Å²) in [6.07, 6.45) is 5.34. The van der Waals surface area contributed by atoms with Crippen LogP contribution in [0.5, 0.6) is 5.75 Å². The number of aryl methyl sites for hydroxylation is 1. The first-order chi connectivity index (χ1) is 13.2. The van der Waals surface area contributed by atoms with Crippen LogP contribution in [0.15, 0.2) is 42.9 Å². The molecule has 1 amide bonds. The van der Waals surface area contributed by atoms with Crippen molar-refractivity contribution in [1.29, 1.82) is 0 Å². The van der Waals surface area contributed by atoms with Crippen molar-refractivity contribution in [2.75, 3.05) is 19.7 Å². The van der Waals surface area contributed by atoms with E-state index in [0.29, 0.717) is 25.3 Å². The SMILES string of the molecule is CCOc1ccc(-c2cn(C3CN(C(=O)c4cnn(CC)c4)C3)nn2)cc1. The van der Waals surface area contributed by atoms with Crippen LogP contribution in [0, 0.1) is 0 Å². The second-order valence-corrected chi connectivity index (χ2v) is 6.49. The van der Waals surface area contributed by atoms with Gasteiger partial charge in [0.05, 0.1) is 30.6 Å². The minimum Gasteiger partial charge on any atom is -0.494 e. The largest absolute Gasteiger partial charge is 0.494 e. The topological polar surface area (TPSA) is 78.1 Å². The molecule has 4 rings (SSSR count). The van der Waals surface area contributed by atoms with Crippen LogP contribution in [0.1, 0.15) is 30.2 Å². The number of nitrogens with zero attached hydrogens (tertiary/aromatic N) is 6. The maximum atomic E-state index is 12.5. The molecule has 0 saturated carbocycles. The van der Waals surface area contributed by atoms with E-state index in [1.807, 2.05) is 49.0 Å². The molecule has 3 aromatic rings. The summed E-state index contributed by atoms with van der Waals surface area (Å²) in [5.74, 6) is 0.853. The molecule has 1 aliphatic heterocycles. The minimum absolute atomic E-state index is 0.0119. The summed E-state index contributed by atoms with van der Waals surface area (Å²) in [5.41, 5.74) is 2.43. The molecule has 0 aliphatic carbocycles. The fourth-order valence-electron chi connectivity index (χ4n) is 3.09. The van der Waals surface area contributed by atoms with Crippen molar-refractivity contribution in [2.45, 2.75) is 26.4 Å². The average Bonchev–Trinajstić information content (AvgIpc) is 3.31. The number of rotatable bonds is 6. The number of hydrogen-bond donors (Lipinski definition) is 0. The summed E-state index contributed by atoms with van der Waals surface area (Å²) in [6, 6.07) is 7.96. The van der Waals surface area contributed by atoms with Gasteiger partial charge in [-0.2, -0.15) is 5.10 Å². The maximum Gasteiger partial charge on any atom is 0.257 e. The molecule has 0 spiro atoms. The van der Waals surface area contributed by atoms with E-state index in [1.54, 1.807) is 22.0 Å². The van der Waals surface area contributed by atoms with Gasteiger partial charge in [0.15, 0.2) is 0 Å². The number of likely N-dealkylation sites (tertiary alicyclic amines) is 1. The van der Waals surface area contributed by atoms with Gasteiger partial charge in [0.1, 0.15) is 11.4 Å². The van der Waals surface area contributed by atoms with Crippen molar-refractivity contribution < 1.29 is 9.53 Å². The van der Waals surface area contributed by atoms with Crippen LogP contribution >= 0.6 is 0 Å². The van der Waals surface area contributed by atoms with Crippen LogP contribution in [0.25, 0.3) is 11.3 Å². The zero-order valence-electron chi connectivity index (χ0n) is 15.4. The van der Waals surface area contributed by atoms with E-state index in [1.165, 1.54) is 0 Å². The predicted octanol–water partition coefficient (Wildman–Crippen LogP) is 2.26. The van der Waals surface area contributed by atoms with Gasteiger partial charge in [0.2, 0.25) is 0 Å². The van der Waals surface area contributed by atoms with Crippen molar-refractivity contribution in [3.8, 4) is 17.0 Å². The Kier molecular flexibility index (Phi) is 4.62. The molecule has 140 valence electrons. The maximum absolute atomic E-state index is 12.5. The van der Waals surface area contributed by atoms with Gasteiger partial charge in [-0.15, -0.1) is 5.10 Å². The van der Waals surface area contributed by atoms with Crippen molar-refractivity contribution >= 4 is 5.91 Å². The molecular formula is C19H22N6O2. The Morgan fingerprint density at radius 3 is 2.63 bits per heavy atom. The number of carbonyl (C=O) groups excluding carboxylic acids is 1. The van der Waals surface area contributed by atoms with Gasteiger partial charge in [-0.1, -0.05) is 5.21 Å². The molecule has 27 heavy (non-hydrogen) atoms. The van der Waals surface area contributed by atoms with E-state index in [-0.39, 0.29) is 11.9 Å². The first kappa shape index (κ1) is 17.3. The van der Waals surface area contributed by atoms with E-state index >= 15 is 0 Å². The summed E-state index contributed by atoms with van der Waals surface area (Å²) in [4.78, 5) is 14.3. The monoisotopic (exact) mass is 366 g/mol. The molecule has 1 aliphatic rings. The molecule has 8 nitrogen and oxygen atoms in total. The average molecular weight is 366 g/mol. The molecule has 0 N–H and O–H groups in total. The van der Waals surface area contributed by atoms with Gasteiger partial charge >= 0.3 is 0 Å². The fourth-order valence-corrected chi connectivity index (χ4v) is 3.09. The van der Waals surface area contributed by atoms with E-state index in [2.05, 4.69) is 15.4 Å². The van der Waals surface area contributed by atoms with E-state index in [0.717, 1.165) is 23.6 Å². The summed E-state index contributed by atoms with van der Waals surface area (Å²) in [7, 11) is 0. The molecular weight excluding hydrogens is 344 g/mol. The molecule has 8 heteroatoms. The zero-order chi connectivity index (χ0) is 18.8. The van der Waals surface area contributed by atoms with Crippen molar-refractivity contribution in [3.63, 3.8) is 0 Å². The lowest BCUT2D eigenvalue weighted by molar-refractivity contribution is 0.0498. The zero-order valence-corrected chi connectivity index (χ0v) is 15.4. The van der Waals surface area contributed by atoms with Crippen LogP contribution in [0.3, 0.4) is 0 Å². The Morgan fingerprint density at radius 2 is 1.96 bits per heavy atom. The summed E-state index contributed by atoms with van der Waals surface area (Å²) in [6.45, 7) is 6.61. The number of ether oxygens (including phenoxy) is 1. The highest BCUT2D eigenvalue weighted by Gasteiger charge is 2.33. The van der Waals surface area contributed by atoms with Crippen LogP contribution < -0.4 is 4.74 Å². The highest BCUT2D eigenvalue weighted by Crippen LogP contribution is 2.25. The van der Waals surface area contributed by atoms with Gasteiger partial charge in [-0.05, 0) is 38.1 Å². The number of benzene rings is 1. The summed E-state index contributed by atoms with van der Waals surface area (Å²) in [5, 5.41) is 12.7. The van der Waals surface area contributed by atoms with Crippen LogP contribution in [0.4, 0.5) is 0 Å². The van der Waals surface area contributed by atoms with Crippen molar-refractivity contribution in [1.82, 2.24) is 29.7 Å². The Hall–Kier alpha value is -3.16. The molecule has 0 radical (unpaired) electrons. The Morgan fingerprint density at radius 1 is 1.19 bits per heavy atom. The molecule has 1 aromatic carbocycles. The van der Waals surface area contributed by atoms with Gasteiger partial charge in [-0.3, -0.25) is 9.48 Å². The molecule has 1 saturated heterocycles. The lowest BCUT2D eigenvalue weighted by atomic mass is 10.1. The minimum atomic E-state index is 0.0119. The van der Waals surface area contributed by atoms with E-state index < -0.39 is 0 Å². The number of aromatic nitrogens is 5. The Balaban J connectivity index is 1.38. The van der Waals surface area contributed by atoms with Gasteiger partial charge in [-0.25, -0.2) is 4.68 Å². The highest BCUT2D eigenvalue weighted by atomic mass is 16.5. The molecule has 3 heterocycles. The second-order valence-electron chi connectivity index (χ2n) is 6.49. The molecule has 0 atom stereocenters. The highest BCUT2D eigenvalue weighted by molar-refractivity contribution is 5.94. The lowest BCUT2D eigenvalue weighted by Crippen LogP contribution is -2.50. The molecule has 0 bridgehead atoms. The second kappa shape index (κ2) is 7.22. The van der Waals surface area contributed by atoms with Crippen molar-refractivity contribution in [3.05, 3.63) is 48.4 Å². The van der Waals surface area contributed by atoms with Gasteiger partial charge in [0.25, 0.3) is 5.91 Å². The summed E-state index contributed by atoms with van der Waals surface area (Å²) < 4.78 is 9.05. The van der Waals surface area contributed by atoms with Gasteiger partial charge in [0, 0.05) is 31.4 Å². The Labute approximate surface area is 157 Å². The molecule has 2 aromatic heterocycles. The quantitative estimate of drug-likeness (QED) is 0.669. The number of hydrogen-bond acceptors (Lipinski definition) is 5. The normalized spacial score (nSPS) is 14.2. The van der Waals surface area contributed by atoms with E-state index in [9.17, 15) is 4.79 Å². The third-order valence-corrected chi connectivity index (χ3v) is 4.70. The molecule has 0 unspecified atom stereocenters. The van der Waals surface area contributed by atoms with Crippen LogP contribution in [-0.4, -0.2) is 55.3 Å². The van der Waals surface area contributed by atoms with Crippen molar-refractivity contribution in [2.24, 2.45) is 0 Å². The fraction of sp³-hybridized carbons (Fsp3) is 0.368. The smallest absolute Gasteiger partial charge is 0.257 e. The standard InChI is InChI=1S/C19H22N6O2/c1-3-24-10-15(9-20-24)19(26)23-11-16(12-23)25-13-18(21-22-25)14-5-7-17(8-6-14)27-4-2/h5-10,13,16H,3-4,11-12H2,1-2H3. The predicted molar refractivity (Wildman–Crippen MR) is 99.5 cm³/mol. The third kappa shape index (κ3) is 3.42. The lowest BCUT2D eigenvalue weighted by Gasteiger charge is -2.38. The third-order valence-electron chi connectivity index (χ3n) is 4.70. The first-order valence-electron chi connectivity index (χ1n) is 9.14.